The summed E-state index contributed by atoms with van der Waals surface area (Å²) < 4.78 is 15.9. The lowest BCUT2D eigenvalue weighted by Crippen LogP contribution is -2.56. The minimum atomic E-state index is -1.92. The van der Waals surface area contributed by atoms with Crippen molar-refractivity contribution in [3.8, 4) is 0 Å². The normalized spacial score (nSPS) is 12.7. The van der Waals surface area contributed by atoms with Crippen LogP contribution in [0.3, 0.4) is 0 Å². The lowest BCUT2D eigenvalue weighted by Gasteiger charge is -2.24. The molecule has 28 heteroatoms. The molecule has 28 nitrogen and oxygen atoms in total. The number of amides is 8. The van der Waals surface area contributed by atoms with Gasteiger partial charge in [0.05, 0.1) is 45.9 Å². The van der Waals surface area contributed by atoms with Crippen molar-refractivity contribution in [3.63, 3.8) is 0 Å². The van der Waals surface area contributed by atoms with Crippen molar-refractivity contribution < 1.29 is 92.2 Å². The summed E-state index contributed by atoms with van der Waals surface area (Å²) in [5, 5.41) is 58.0. The van der Waals surface area contributed by atoms with Gasteiger partial charge in [0.1, 0.15) is 36.8 Å². The molecule has 0 spiro atoms. The number of unbranched alkanes of at least 4 members (excludes halogenated alkanes) is 26. The van der Waals surface area contributed by atoms with Gasteiger partial charge in [0.25, 0.3) is 0 Å². The van der Waals surface area contributed by atoms with Gasteiger partial charge in [-0.3, -0.25) is 47.9 Å². The van der Waals surface area contributed by atoms with Crippen LogP contribution in [0.15, 0.2) is 0 Å². The van der Waals surface area contributed by atoms with Crippen molar-refractivity contribution in [3.05, 3.63) is 0 Å². The molecule has 0 aromatic rings. The van der Waals surface area contributed by atoms with Crippen molar-refractivity contribution >= 4 is 71.1 Å². The van der Waals surface area contributed by atoms with E-state index in [-0.39, 0.29) is 45.5 Å². The highest BCUT2D eigenvalue weighted by atomic mass is 16.5. The molecule has 0 bridgehead atoms. The maximum atomic E-state index is 13.8. The van der Waals surface area contributed by atoms with Crippen LogP contribution in [-0.2, 0) is 71.7 Å². The standard InChI is InChI=1S/C66H119N9O19/c1-3-5-7-9-11-13-15-17-19-21-23-25-27-29-39-68-55(76)34-31-50(71-59(80)49-94-46-45-93-44-43-92-42-38-67)62(85)75-54(48-61(83)84)64(87)74-52(66(90)91)33-36-57(78)70-41-37-58(79)72-53(47-60(81)82)63(86)73-51(65(88)89)32-35-56(77)69-40-30-28-26-24-22-20-18-16-14-12-10-8-6-4-2/h50-54H,3-49,67H2,1-2H3,(H,68,76)(H,69,77)(H,70,78)(H,71,80)(H,72,79)(H,73,86)(H,74,87)(H,75,85)(H,81,82)(H,83,84)(H,88,89)(H,90,91). The summed E-state index contributed by atoms with van der Waals surface area (Å²) in [5.74, 6) is -13.2. The van der Waals surface area contributed by atoms with Gasteiger partial charge in [0.15, 0.2) is 0 Å². The van der Waals surface area contributed by atoms with Gasteiger partial charge in [-0.1, -0.05) is 181 Å². The van der Waals surface area contributed by atoms with Crippen LogP contribution in [0.4, 0.5) is 0 Å². The summed E-state index contributed by atoms with van der Waals surface area (Å²) in [4.78, 5) is 153. The molecule has 0 aliphatic rings. The largest absolute Gasteiger partial charge is 0.481 e. The number of nitrogens with two attached hydrogens (primary N) is 1. The van der Waals surface area contributed by atoms with E-state index >= 15 is 0 Å². The van der Waals surface area contributed by atoms with Crippen LogP contribution in [0.1, 0.15) is 251 Å². The van der Waals surface area contributed by atoms with Crippen LogP contribution in [-0.4, -0.2) is 188 Å². The minimum Gasteiger partial charge on any atom is -0.481 e. The van der Waals surface area contributed by atoms with E-state index in [4.69, 9.17) is 19.9 Å². The fourth-order valence-electron chi connectivity index (χ4n) is 10.1. The van der Waals surface area contributed by atoms with Crippen molar-refractivity contribution in [2.24, 2.45) is 5.73 Å². The Labute approximate surface area is 557 Å². The summed E-state index contributed by atoms with van der Waals surface area (Å²) in [6.07, 6.45) is 28.0. The highest BCUT2D eigenvalue weighted by Gasteiger charge is 2.33. The molecule has 5 unspecified atom stereocenters. The maximum absolute atomic E-state index is 13.8. The average Bonchev–Trinajstić information content (AvgIpc) is 1.03. The summed E-state index contributed by atoms with van der Waals surface area (Å²) in [6, 6.07) is -8.61. The molecule has 0 rings (SSSR count). The fraction of sp³-hybridized carbons (Fsp3) is 0.818. The highest BCUT2D eigenvalue weighted by molar-refractivity contribution is 5.96. The number of ether oxygens (including phenoxy) is 3. The zero-order valence-electron chi connectivity index (χ0n) is 56.6. The number of carboxylic acids is 4. The maximum Gasteiger partial charge on any atom is 0.326 e. The second-order valence-corrected chi connectivity index (χ2v) is 24.0. The zero-order chi connectivity index (χ0) is 69.8. The van der Waals surface area contributed by atoms with Crippen LogP contribution >= 0.6 is 0 Å². The van der Waals surface area contributed by atoms with E-state index in [0.29, 0.717) is 32.8 Å². The number of rotatable bonds is 66. The molecule has 0 aliphatic carbocycles. The molecule has 0 aromatic heterocycles. The van der Waals surface area contributed by atoms with Crippen molar-refractivity contribution in [1.82, 2.24) is 42.5 Å². The number of carbonyl (C=O) groups is 12. The topological polar surface area (TPSA) is 436 Å². The molecule has 0 fully saturated rings. The molecular weight excluding hydrogens is 1220 g/mol. The average molecular weight is 1340 g/mol. The van der Waals surface area contributed by atoms with E-state index in [1.54, 1.807) is 0 Å². The van der Waals surface area contributed by atoms with Crippen molar-refractivity contribution in [2.75, 3.05) is 65.8 Å². The second kappa shape index (κ2) is 60.2. The molecule has 8 amide bonds. The Bertz CT molecular complexity index is 2140. The zero-order valence-corrected chi connectivity index (χ0v) is 56.6. The fourth-order valence-corrected chi connectivity index (χ4v) is 10.1. The Balaban J connectivity index is 5.33. The SMILES string of the molecule is CCCCCCCCCCCCCCCCNC(=O)CCC(NC(=O)C(CC(=O)O)NC(=O)CCNC(=O)CCC(NC(=O)C(CC(=O)O)NC(=O)C(CCC(=O)NCCCCCCCCCCCCCCCC)NC(=O)COCCOCCOCCN)C(=O)O)C(=O)O. The van der Waals surface area contributed by atoms with Crippen LogP contribution in [0.5, 0.6) is 0 Å². The number of hydrogen-bond donors (Lipinski definition) is 13. The summed E-state index contributed by atoms with van der Waals surface area (Å²) in [6.45, 7) is 5.56. The Morgan fingerprint density at radius 2 is 0.617 bits per heavy atom. The Hall–Kier alpha value is -6.52. The first-order valence-electron chi connectivity index (χ1n) is 34.9. The van der Waals surface area contributed by atoms with Gasteiger partial charge in [-0.2, -0.15) is 0 Å². The number of hydrogen-bond acceptors (Lipinski definition) is 16. The van der Waals surface area contributed by atoms with Crippen LogP contribution in [0.25, 0.3) is 0 Å². The molecule has 0 saturated carbocycles. The van der Waals surface area contributed by atoms with E-state index < -0.39 is 147 Å². The van der Waals surface area contributed by atoms with Gasteiger partial charge in [0.2, 0.25) is 47.3 Å². The molecule has 0 aromatic carbocycles. The van der Waals surface area contributed by atoms with E-state index in [2.05, 4.69) is 56.4 Å². The van der Waals surface area contributed by atoms with Crippen molar-refractivity contribution in [1.29, 1.82) is 0 Å². The monoisotopic (exact) mass is 1340 g/mol. The van der Waals surface area contributed by atoms with E-state index in [9.17, 15) is 78.0 Å². The molecule has 94 heavy (non-hydrogen) atoms. The molecule has 14 N–H and O–H groups in total. The van der Waals surface area contributed by atoms with E-state index in [1.165, 1.54) is 122 Å². The third kappa shape index (κ3) is 52.8. The first kappa shape index (κ1) is 87.5. The van der Waals surface area contributed by atoms with Gasteiger partial charge in [-0.15, -0.1) is 0 Å². The van der Waals surface area contributed by atoms with Gasteiger partial charge in [0, 0.05) is 51.9 Å². The Kier molecular flexibility index (Phi) is 56.0. The van der Waals surface area contributed by atoms with Crippen LogP contribution in [0.2, 0.25) is 0 Å². The molecule has 0 aliphatic heterocycles. The summed E-state index contributed by atoms with van der Waals surface area (Å²) >= 11 is 0. The van der Waals surface area contributed by atoms with Gasteiger partial charge < -0.3 is 82.9 Å². The second-order valence-electron chi connectivity index (χ2n) is 24.0. The predicted octanol–water partition coefficient (Wildman–Crippen LogP) is 5.58. The first-order valence-corrected chi connectivity index (χ1v) is 34.9. The Morgan fingerprint density at radius 1 is 0.319 bits per heavy atom. The quantitative estimate of drug-likeness (QED) is 0.0330. The third-order valence-corrected chi connectivity index (χ3v) is 15.5. The van der Waals surface area contributed by atoms with Crippen LogP contribution in [0, 0.1) is 0 Å². The predicted molar refractivity (Wildman–Crippen MR) is 353 cm³/mol. The molecular formula is C66H119N9O19. The lowest BCUT2D eigenvalue weighted by atomic mass is 10.0. The number of aliphatic carboxylic acids is 4. The minimum absolute atomic E-state index is 0.0185. The molecule has 542 valence electrons. The first-order chi connectivity index (χ1) is 45.2. The van der Waals surface area contributed by atoms with Crippen LogP contribution < -0.4 is 48.3 Å². The number of carboxylic acid groups (broad SMARTS) is 4. The molecule has 0 radical (unpaired) electrons. The molecule has 5 atom stereocenters. The lowest BCUT2D eigenvalue weighted by molar-refractivity contribution is -0.144. The smallest absolute Gasteiger partial charge is 0.326 e. The van der Waals surface area contributed by atoms with E-state index in [1.807, 2.05) is 0 Å². The number of carbonyl (C=O) groups excluding carboxylic acids is 8. The van der Waals surface area contributed by atoms with Gasteiger partial charge in [-0.25, -0.2) is 9.59 Å². The van der Waals surface area contributed by atoms with Crippen molar-refractivity contribution in [2.45, 2.75) is 282 Å². The van der Waals surface area contributed by atoms with E-state index in [0.717, 1.165) is 57.8 Å². The summed E-state index contributed by atoms with van der Waals surface area (Å²) in [5.41, 5.74) is 5.39. The summed E-state index contributed by atoms with van der Waals surface area (Å²) in [7, 11) is 0. The van der Waals surface area contributed by atoms with Gasteiger partial charge in [-0.05, 0) is 32.1 Å². The number of nitrogens with one attached hydrogen (secondary N) is 8. The third-order valence-electron chi connectivity index (χ3n) is 15.5. The van der Waals surface area contributed by atoms with Gasteiger partial charge >= 0.3 is 23.9 Å². The molecule has 0 saturated heterocycles. The highest BCUT2D eigenvalue weighted by Crippen LogP contribution is 2.15. The Morgan fingerprint density at radius 3 is 0.979 bits per heavy atom. The molecule has 0 heterocycles.